The molecule has 0 atom stereocenters. The Hall–Kier alpha value is -2.13. The van der Waals surface area contributed by atoms with Gasteiger partial charge in [0.1, 0.15) is 0 Å². The molecule has 1 heterocycles. The first-order valence-electron chi connectivity index (χ1n) is 5.92. The maximum atomic E-state index is 9.12. The largest absolute Gasteiger partial charge is 0.392 e. The molecule has 0 unspecified atom stereocenters. The lowest BCUT2D eigenvalue weighted by Crippen LogP contribution is -1.93. The van der Waals surface area contributed by atoms with Crippen LogP contribution >= 0.6 is 0 Å². The summed E-state index contributed by atoms with van der Waals surface area (Å²) in [6.45, 7) is 2.13. The minimum Gasteiger partial charge on any atom is -0.392 e. The second kappa shape index (κ2) is 4.27. The zero-order valence-corrected chi connectivity index (χ0v) is 10.2. The van der Waals surface area contributed by atoms with Crippen LogP contribution in [0.1, 0.15) is 11.1 Å². The van der Waals surface area contributed by atoms with Crippen LogP contribution in [-0.2, 0) is 6.61 Å². The van der Waals surface area contributed by atoms with Gasteiger partial charge in [0.25, 0.3) is 0 Å². The summed E-state index contributed by atoms with van der Waals surface area (Å²) in [6.07, 6.45) is 1.99. The Bertz CT molecular complexity index is 683. The number of nitrogens with zero attached hydrogens (tertiary/aromatic N) is 2. The zero-order valence-electron chi connectivity index (χ0n) is 10.2. The first-order valence-corrected chi connectivity index (χ1v) is 5.92. The standard InChI is InChI=1S/C15H14N2O/c1-11-2-5-14(6-3-11)17-9-13-8-12(10-18)4-7-15(13)16-17/h2-9,18H,10H2,1H3. The van der Waals surface area contributed by atoms with Crippen molar-refractivity contribution in [3.63, 3.8) is 0 Å². The Balaban J connectivity index is 2.10. The Morgan fingerprint density at radius 2 is 1.89 bits per heavy atom. The van der Waals surface area contributed by atoms with Gasteiger partial charge in [-0.25, -0.2) is 4.68 Å². The third kappa shape index (κ3) is 1.89. The molecule has 0 radical (unpaired) electrons. The molecule has 3 rings (SSSR count). The van der Waals surface area contributed by atoms with Crippen molar-refractivity contribution < 1.29 is 5.11 Å². The number of rotatable bonds is 2. The molecule has 90 valence electrons. The van der Waals surface area contributed by atoms with Gasteiger partial charge in [-0.2, -0.15) is 5.10 Å². The summed E-state index contributed by atoms with van der Waals surface area (Å²) < 4.78 is 1.87. The van der Waals surface area contributed by atoms with Crippen molar-refractivity contribution in [2.75, 3.05) is 0 Å². The van der Waals surface area contributed by atoms with E-state index in [1.807, 2.05) is 41.2 Å². The van der Waals surface area contributed by atoms with Crippen molar-refractivity contribution >= 4 is 10.9 Å². The number of benzene rings is 2. The summed E-state index contributed by atoms with van der Waals surface area (Å²) in [6, 6.07) is 14.0. The molecule has 18 heavy (non-hydrogen) atoms. The SMILES string of the molecule is Cc1ccc(-n2cc3cc(CO)ccc3n2)cc1. The van der Waals surface area contributed by atoms with Crippen molar-refractivity contribution in [2.24, 2.45) is 0 Å². The number of aliphatic hydroxyl groups excluding tert-OH is 1. The summed E-state index contributed by atoms with van der Waals surface area (Å²) in [4.78, 5) is 0. The maximum Gasteiger partial charge on any atom is 0.0927 e. The minimum absolute atomic E-state index is 0.0612. The predicted octanol–water partition coefficient (Wildman–Crippen LogP) is 2.83. The van der Waals surface area contributed by atoms with E-state index in [1.54, 1.807) is 0 Å². The Kier molecular flexibility index (Phi) is 2.61. The average Bonchev–Trinajstić information content (AvgIpc) is 2.82. The number of fused-ring (bicyclic) bond motifs is 1. The van der Waals surface area contributed by atoms with Crippen LogP contribution in [0.5, 0.6) is 0 Å². The molecule has 1 N–H and O–H groups in total. The van der Waals surface area contributed by atoms with E-state index in [9.17, 15) is 0 Å². The highest BCUT2D eigenvalue weighted by molar-refractivity contribution is 5.79. The summed E-state index contributed by atoms with van der Waals surface area (Å²) in [5.74, 6) is 0. The van der Waals surface area contributed by atoms with Gasteiger partial charge in [-0.05, 0) is 36.8 Å². The number of hydrogen-bond donors (Lipinski definition) is 1. The van der Waals surface area contributed by atoms with Crippen LogP contribution in [0.3, 0.4) is 0 Å². The quantitative estimate of drug-likeness (QED) is 0.745. The third-order valence-corrected chi connectivity index (χ3v) is 3.05. The highest BCUT2D eigenvalue weighted by Crippen LogP contribution is 2.17. The highest BCUT2D eigenvalue weighted by Gasteiger charge is 2.03. The number of aliphatic hydroxyl groups is 1. The Labute approximate surface area is 105 Å². The maximum absolute atomic E-state index is 9.12. The van der Waals surface area contributed by atoms with Crippen LogP contribution in [-0.4, -0.2) is 14.9 Å². The normalized spacial score (nSPS) is 11.0. The summed E-state index contributed by atoms with van der Waals surface area (Å²) in [7, 11) is 0. The van der Waals surface area contributed by atoms with Gasteiger partial charge in [0.15, 0.2) is 0 Å². The van der Waals surface area contributed by atoms with Crippen LogP contribution in [0.4, 0.5) is 0 Å². The Morgan fingerprint density at radius 1 is 1.11 bits per heavy atom. The van der Waals surface area contributed by atoms with Gasteiger partial charge < -0.3 is 5.11 Å². The van der Waals surface area contributed by atoms with Gasteiger partial charge in [0.2, 0.25) is 0 Å². The van der Waals surface area contributed by atoms with Crippen LogP contribution in [0.25, 0.3) is 16.6 Å². The number of hydrogen-bond acceptors (Lipinski definition) is 2. The number of aryl methyl sites for hydroxylation is 1. The fourth-order valence-corrected chi connectivity index (χ4v) is 2.00. The van der Waals surface area contributed by atoms with E-state index in [1.165, 1.54) is 5.56 Å². The smallest absolute Gasteiger partial charge is 0.0927 e. The fraction of sp³-hybridized carbons (Fsp3) is 0.133. The molecule has 0 saturated heterocycles. The molecule has 3 aromatic rings. The topological polar surface area (TPSA) is 38.0 Å². The molecular formula is C15H14N2O. The van der Waals surface area contributed by atoms with Crippen molar-refractivity contribution in [1.82, 2.24) is 9.78 Å². The highest BCUT2D eigenvalue weighted by atomic mass is 16.3. The molecule has 0 amide bonds. The molecule has 3 nitrogen and oxygen atoms in total. The lowest BCUT2D eigenvalue weighted by atomic mass is 10.2. The second-order valence-corrected chi connectivity index (χ2v) is 4.46. The van der Waals surface area contributed by atoms with Crippen molar-refractivity contribution in [1.29, 1.82) is 0 Å². The van der Waals surface area contributed by atoms with Gasteiger partial charge in [0, 0.05) is 11.6 Å². The molecule has 0 aliphatic rings. The number of aromatic nitrogens is 2. The summed E-state index contributed by atoms with van der Waals surface area (Å²) in [5, 5.41) is 14.7. The summed E-state index contributed by atoms with van der Waals surface area (Å²) >= 11 is 0. The molecule has 0 spiro atoms. The van der Waals surface area contributed by atoms with E-state index in [2.05, 4.69) is 24.2 Å². The molecular weight excluding hydrogens is 224 g/mol. The van der Waals surface area contributed by atoms with Gasteiger partial charge in [0.05, 0.1) is 17.8 Å². The minimum atomic E-state index is 0.0612. The molecule has 2 aromatic carbocycles. The molecule has 0 aliphatic carbocycles. The van der Waals surface area contributed by atoms with Crippen LogP contribution in [0.15, 0.2) is 48.7 Å². The van der Waals surface area contributed by atoms with Crippen molar-refractivity contribution in [3.8, 4) is 5.69 Å². The second-order valence-electron chi connectivity index (χ2n) is 4.46. The van der Waals surface area contributed by atoms with Crippen molar-refractivity contribution in [3.05, 3.63) is 59.8 Å². The molecule has 3 heteroatoms. The van der Waals surface area contributed by atoms with Crippen LogP contribution in [0.2, 0.25) is 0 Å². The molecule has 0 saturated carbocycles. The lowest BCUT2D eigenvalue weighted by molar-refractivity contribution is 0.282. The van der Waals surface area contributed by atoms with E-state index in [0.717, 1.165) is 22.2 Å². The molecule has 0 aliphatic heterocycles. The third-order valence-electron chi connectivity index (χ3n) is 3.05. The van der Waals surface area contributed by atoms with E-state index < -0.39 is 0 Å². The van der Waals surface area contributed by atoms with E-state index in [-0.39, 0.29) is 6.61 Å². The van der Waals surface area contributed by atoms with E-state index in [4.69, 9.17) is 5.11 Å². The average molecular weight is 238 g/mol. The fourth-order valence-electron chi connectivity index (χ4n) is 2.00. The first kappa shape index (κ1) is 11.0. The zero-order chi connectivity index (χ0) is 12.5. The van der Waals surface area contributed by atoms with Gasteiger partial charge in [-0.3, -0.25) is 0 Å². The van der Waals surface area contributed by atoms with E-state index >= 15 is 0 Å². The van der Waals surface area contributed by atoms with Gasteiger partial charge in [-0.1, -0.05) is 23.8 Å². The van der Waals surface area contributed by atoms with Gasteiger partial charge >= 0.3 is 0 Å². The molecule has 1 aromatic heterocycles. The van der Waals surface area contributed by atoms with Crippen molar-refractivity contribution in [2.45, 2.75) is 13.5 Å². The van der Waals surface area contributed by atoms with Crippen LogP contribution in [0, 0.1) is 6.92 Å². The molecule has 0 fully saturated rings. The monoisotopic (exact) mass is 238 g/mol. The van der Waals surface area contributed by atoms with E-state index in [0.29, 0.717) is 0 Å². The lowest BCUT2D eigenvalue weighted by Gasteiger charge is -2.00. The summed E-state index contributed by atoms with van der Waals surface area (Å²) in [5.41, 5.74) is 4.12. The van der Waals surface area contributed by atoms with Crippen LogP contribution < -0.4 is 0 Å². The first-order chi connectivity index (χ1) is 8.76. The molecule has 0 bridgehead atoms. The van der Waals surface area contributed by atoms with Gasteiger partial charge in [-0.15, -0.1) is 0 Å². The predicted molar refractivity (Wildman–Crippen MR) is 71.7 cm³/mol. The Morgan fingerprint density at radius 3 is 2.61 bits per heavy atom.